The van der Waals surface area contributed by atoms with Gasteiger partial charge in [0.05, 0.1) is 0 Å². The van der Waals surface area contributed by atoms with Gasteiger partial charge in [0.25, 0.3) is 0 Å². The van der Waals surface area contributed by atoms with Gasteiger partial charge in [-0.15, -0.1) is 0 Å². The zero-order valence-electron chi connectivity index (χ0n) is 11.3. The van der Waals surface area contributed by atoms with E-state index in [-0.39, 0.29) is 0 Å². The van der Waals surface area contributed by atoms with Crippen molar-refractivity contribution in [1.29, 1.82) is 0 Å². The van der Waals surface area contributed by atoms with Crippen molar-refractivity contribution in [2.24, 2.45) is 5.92 Å². The number of nitrogens with zero attached hydrogens (tertiary/aromatic N) is 1. The Morgan fingerprint density at radius 2 is 2.12 bits per heavy atom. The average Bonchev–Trinajstić information content (AvgIpc) is 2.33. The Labute approximate surface area is 105 Å². The Kier molecular flexibility index (Phi) is 6.23. The molecular weight excluding hydrogens is 210 g/mol. The van der Waals surface area contributed by atoms with E-state index in [1.807, 2.05) is 0 Å². The molecule has 96 valence electrons. The van der Waals surface area contributed by atoms with Gasteiger partial charge >= 0.3 is 0 Å². The van der Waals surface area contributed by atoms with E-state index in [1.54, 1.807) is 0 Å². The molecule has 0 fully saturated rings. The Morgan fingerprint density at radius 3 is 2.71 bits per heavy atom. The lowest BCUT2D eigenvalue weighted by molar-refractivity contribution is 0.177. The van der Waals surface area contributed by atoms with E-state index in [0.29, 0.717) is 12.5 Å². The third kappa shape index (κ3) is 5.33. The molecule has 0 aliphatic heterocycles. The number of hydrogen-bond donors (Lipinski definition) is 1. The van der Waals surface area contributed by atoms with Gasteiger partial charge in [-0.1, -0.05) is 36.8 Å². The molecule has 0 saturated heterocycles. The summed E-state index contributed by atoms with van der Waals surface area (Å²) >= 11 is 0. The molecule has 2 heteroatoms. The lowest BCUT2D eigenvalue weighted by Crippen LogP contribution is -2.29. The van der Waals surface area contributed by atoms with Crippen LogP contribution in [0.3, 0.4) is 0 Å². The highest BCUT2D eigenvalue weighted by molar-refractivity contribution is 5.22. The minimum absolute atomic E-state index is 0.297. The minimum Gasteiger partial charge on any atom is -0.396 e. The molecule has 0 bridgehead atoms. The van der Waals surface area contributed by atoms with Gasteiger partial charge in [0.2, 0.25) is 0 Å². The summed E-state index contributed by atoms with van der Waals surface area (Å²) < 4.78 is 0. The first-order chi connectivity index (χ1) is 8.15. The summed E-state index contributed by atoms with van der Waals surface area (Å²) in [6.07, 6.45) is 2.13. The second-order valence-electron chi connectivity index (χ2n) is 4.96. The highest BCUT2D eigenvalue weighted by Gasteiger charge is 2.08. The van der Waals surface area contributed by atoms with Gasteiger partial charge in [-0.05, 0) is 38.3 Å². The van der Waals surface area contributed by atoms with Gasteiger partial charge in [0.1, 0.15) is 0 Å². The fourth-order valence-corrected chi connectivity index (χ4v) is 2.04. The van der Waals surface area contributed by atoms with Crippen molar-refractivity contribution in [2.45, 2.75) is 26.7 Å². The molecule has 0 heterocycles. The quantitative estimate of drug-likeness (QED) is 0.785. The van der Waals surface area contributed by atoms with Crippen molar-refractivity contribution in [2.75, 3.05) is 26.7 Å². The van der Waals surface area contributed by atoms with Crippen LogP contribution in [0.4, 0.5) is 0 Å². The summed E-state index contributed by atoms with van der Waals surface area (Å²) in [6.45, 7) is 6.60. The summed E-state index contributed by atoms with van der Waals surface area (Å²) in [6, 6.07) is 8.68. The fourth-order valence-electron chi connectivity index (χ4n) is 2.04. The standard InChI is InChI=1S/C15H25NO/c1-4-14(12-17)11-16(3)9-8-15-7-5-6-13(2)10-15/h5-7,10,14,17H,4,8-9,11-12H2,1-3H3. The molecule has 0 saturated carbocycles. The molecule has 17 heavy (non-hydrogen) atoms. The zero-order chi connectivity index (χ0) is 12.7. The van der Waals surface area contributed by atoms with Crippen molar-refractivity contribution in [3.05, 3.63) is 35.4 Å². The second kappa shape index (κ2) is 7.46. The number of benzene rings is 1. The number of aliphatic hydroxyl groups excluding tert-OH is 1. The molecule has 0 aliphatic carbocycles. The first-order valence-corrected chi connectivity index (χ1v) is 6.50. The molecule has 2 nitrogen and oxygen atoms in total. The summed E-state index contributed by atoms with van der Waals surface area (Å²) in [5, 5.41) is 9.17. The first-order valence-electron chi connectivity index (χ1n) is 6.50. The molecule has 1 unspecified atom stereocenters. The third-order valence-corrected chi connectivity index (χ3v) is 3.27. The molecule has 1 atom stereocenters. The Hall–Kier alpha value is -0.860. The average molecular weight is 235 g/mol. The minimum atomic E-state index is 0.297. The molecule has 1 rings (SSSR count). The van der Waals surface area contributed by atoms with Gasteiger partial charge in [-0.25, -0.2) is 0 Å². The van der Waals surface area contributed by atoms with Crippen molar-refractivity contribution in [3.8, 4) is 0 Å². The molecule has 1 aromatic carbocycles. The van der Waals surface area contributed by atoms with E-state index < -0.39 is 0 Å². The van der Waals surface area contributed by atoms with E-state index in [4.69, 9.17) is 5.11 Å². The van der Waals surface area contributed by atoms with Crippen LogP contribution in [0, 0.1) is 12.8 Å². The van der Waals surface area contributed by atoms with Crippen LogP contribution in [0.15, 0.2) is 24.3 Å². The van der Waals surface area contributed by atoms with Gasteiger partial charge in [-0.3, -0.25) is 0 Å². The summed E-state index contributed by atoms with van der Waals surface area (Å²) in [5.41, 5.74) is 2.72. The van der Waals surface area contributed by atoms with E-state index in [2.05, 4.69) is 50.1 Å². The number of hydrogen-bond acceptors (Lipinski definition) is 2. The maximum absolute atomic E-state index is 9.17. The third-order valence-electron chi connectivity index (χ3n) is 3.27. The van der Waals surface area contributed by atoms with Crippen LogP contribution >= 0.6 is 0 Å². The van der Waals surface area contributed by atoms with E-state index in [9.17, 15) is 0 Å². The Bertz CT molecular complexity index is 320. The van der Waals surface area contributed by atoms with E-state index in [0.717, 1.165) is 25.9 Å². The number of aryl methyl sites for hydroxylation is 1. The SMILES string of the molecule is CCC(CO)CN(C)CCc1cccc(C)c1. The van der Waals surface area contributed by atoms with Gasteiger partial charge in [0, 0.05) is 19.7 Å². The largest absolute Gasteiger partial charge is 0.396 e. The second-order valence-corrected chi connectivity index (χ2v) is 4.96. The van der Waals surface area contributed by atoms with Gasteiger partial charge in [0.15, 0.2) is 0 Å². The maximum Gasteiger partial charge on any atom is 0.0471 e. The number of rotatable bonds is 7. The van der Waals surface area contributed by atoms with E-state index >= 15 is 0 Å². The highest BCUT2D eigenvalue weighted by Crippen LogP contribution is 2.07. The maximum atomic E-state index is 9.17. The van der Waals surface area contributed by atoms with Crippen LogP contribution in [-0.2, 0) is 6.42 Å². The van der Waals surface area contributed by atoms with Crippen LogP contribution in [0.5, 0.6) is 0 Å². The lowest BCUT2D eigenvalue weighted by Gasteiger charge is -2.21. The summed E-state index contributed by atoms with van der Waals surface area (Å²) in [4.78, 5) is 2.31. The molecular formula is C15H25NO. The summed E-state index contributed by atoms with van der Waals surface area (Å²) in [7, 11) is 2.13. The molecule has 0 aromatic heterocycles. The zero-order valence-corrected chi connectivity index (χ0v) is 11.3. The molecule has 1 N–H and O–H groups in total. The number of likely N-dealkylation sites (N-methyl/N-ethyl adjacent to an activating group) is 1. The molecule has 0 radical (unpaired) electrons. The molecule has 0 spiro atoms. The normalized spacial score (nSPS) is 13.0. The van der Waals surface area contributed by atoms with Gasteiger partial charge in [-0.2, -0.15) is 0 Å². The van der Waals surface area contributed by atoms with Crippen molar-refractivity contribution in [3.63, 3.8) is 0 Å². The monoisotopic (exact) mass is 235 g/mol. The van der Waals surface area contributed by atoms with E-state index in [1.165, 1.54) is 11.1 Å². The highest BCUT2D eigenvalue weighted by atomic mass is 16.3. The van der Waals surface area contributed by atoms with Crippen molar-refractivity contribution < 1.29 is 5.11 Å². The van der Waals surface area contributed by atoms with Gasteiger partial charge < -0.3 is 10.0 Å². The fraction of sp³-hybridized carbons (Fsp3) is 0.600. The van der Waals surface area contributed by atoms with Crippen LogP contribution in [0.25, 0.3) is 0 Å². The molecule has 1 aromatic rings. The lowest BCUT2D eigenvalue weighted by atomic mass is 10.1. The smallest absolute Gasteiger partial charge is 0.0471 e. The first kappa shape index (κ1) is 14.2. The van der Waals surface area contributed by atoms with Crippen LogP contribution < -0.4 is 0 Å². The topological polar surface area (TPSA) is 23.5 Å². The molecule has 0 amide bonds. The van der Waals surface area contributed by atoms with Crippen molar-refractivity contribution >= 4 is 0 Å². The van der Waals surface area contributed by atoms with Crippen LogP contribution in [0.2, 0.25) is 0 Å². The number of aliphatic hydroxyl groups is 1. The molecule has 0 aliphatic rings. The predicted molar refractivity (Wildman–Crippen MR) is 73.2 cm³/mol. The van der Waals surface area contributed by atoms with Crippen LogP contribution in [0.1, 0.15) is 24.5 Å². The Morgan fingerprint density at radius 1 is 1.35 bits per heavy atom. The van der Waals surface area contributed by atoms with Crippen LogP contribution in [-0.4, -0.2) is 36.8 Å². The predicted octanol–water partition coefficient (Wildman–Crippen LogP) is 2.49. The summed E-state index contributed by atoms with van der Waals surface area (Å²) in [5.74, 6) is 0.414. The Balaban J connectivity index is 2.35. The van der Waals surface area contributed by atoms with Crippen molar-refractivity contribution in [1.82, 2.24) is 4.90 Å².